The van der Waals surface area contributed by atoms with Gasteiger partial charge in [-0.2, -0.15) is 0 Å². The number of hydrogen-bond acceptors (Lipinski definition) is 3. The third-order valence-corrected chi connectivity index (χ3v) is 3.02. The minimum Gasteiger partial charge on any atom is -0.327 e. The van der Waals surface area contributed by atoms with Crippen LogP contribution in [0.2, 0.25) is 0 Å². The molecule has 4 heteroatoms. The number of hydrogen-bond donors (Lipinski definition) is 1. The summed E-state index contributed by atoms with van der Waals surface area (Å²) in [6, 6.07) is 9.61. The number of benzene rings is 1. The van der Waals surface area contributed by atoms with Crippen molar-refractivity contribution in [2.24, 2.45) is 0 Å². The molecule has 0 amide bonds. The van der Waals surface area contributed by atoms with E-state index in [1.807, 2.05) is 38.2 Å². The van der Waals surface area contributed by atoms with Gasteiger partial charge in [0, 0.05) is 31.0 Å². The third-order valence-electron chi connectivity index (χ3n) is 3.02. The van der Waals surface area contributed by atoms with Crippen molar-refractivity contribution < 1.29 is 4.39 Å². The van der Waals surface area contributed by atoms with E-state index >= 15 is 0 Å². The molecule has 2 rings (SSSR count). The highest BCUT2D eigenvalue weighted by Crippen LogP contribution is 2.26. The van der Waals surface area contributed by atoms with E-state index in [1.54, 1.807) is 24.2 Å². The highest BCUT2D eigenvalue weighted by Gasteiger charge is 2.14. The first-order valence-electron chi connectivity index (χ1n) is 6.22. The van der Waals surface area contributed by atoms with E-state index in [4.69, 9.17) is 0 Å². The molecule has 0 saturated carbocycles. The van der Waals surface area contributed by atoms with Gasteiger partial charge in [-0.15, -0.1) is 0 Å². The lowest BCUT2D eigenvalue weighted by Crippen LogP contribution is -2.16. The van der Waals surface area contributed by atoms with E-state index in [1.165, 1.54) is 0 Å². The normalized spacial score (nSPS) is 10.5. The first-order valence-corrected chi connectivity index (χ1v) is 6.22. The first kappa shape index (κ1) is 13.5. The monoisotopic (exact) mass is 259 g/mol. The van der Waals surface area contributed by atoms with Gasteiger partial charge in [0.1, 0.15) is 0 Å². The second-order valence-electron chi connectivity index (χ2n) is 4.54. The van der Waals surface area contributed by atoms with Crippen LogP contribution in [0.3, 0.4) is 0 Å². The number of nitrogens with one attached hydrogen (secondary N) is 1. The molecule has 1 aromatic carbocycles. The van der Waals surface area contributed by atoms with Crippen molar-refractivity contribution in [2.75, 3.05) is 19.0 Å². The van der Waals surface area contributed by atoms with E-state index in [-0.39, 0.29) is 5.82 Å². The predicted molar refractivity (Wildman–Crippen MR) is 76.2 cm³/mol. The van der Waals surface area contributed by atoms with Crippen LogP contribution < -0.4 is 10.2 Å². The summed E-state index contributed by atoms with van der Waals surface area (Å²) in [5.41, 5.74) is 2.68. The molecule has 0 bridgehead atoms. The molecule has 2 aromatic rings. The summed E-state index contributed by atoms with van der Waals surface area (Å²) >= 11 is 0. The van der Waals surface area contributed by atoms with Gasteiger partial charge in [-0.3, -0.25) is 0 Å². The summed E-state index contributed by atoms with van der Waals surface area (Å²) in [5.74, 6) is 0.0687. The van der Waals surface area contributed by atoms with Gasteiger partial charge >= 0.3 is 0 Å². The number of pyridine rings is 1. The molecule has 19 heavy (non-hydrogen) atoms. The van der Waals surface area contributed by atoms with Crippen LogP contribution in [-0.2, 0) is 6.54 Å². The molecule has 100 valence electrons. The van der Waals surface area contributed by atoms with E-state index in [0.717, 1.165) is 11.3 Å². The molecular formula is C15H18FN3. The number of aromatic nitrogens is 1. The van der Waals surface area contributed by atoms with Gasteiger partial charge in [-0.25, -0.2) is 9.37 Å². The van der Waals surface area contributed by atoms with Crippen LogP contribution >= 0.6 is 0 Å². The summed E-state index contributed by atoms with van der Waals surface area (Å²) in [7, 11) is 3.62. The quantitative estimate of drug-likeness (QED) is 0.914. The maximum Gasteiger partial charge on any atom is 0.170 e. The van der Waals surface area contributed by atoms with Gasteiger partial charge in [0.2, 0.25) is 0 Å². The molecule has 0 saturated heterocycles. The lowest BCUT2D eigenvalue weighted by atomic mass is 10.2. The van der Waals surface area contributed by atoms with Crippen LogP contribution in [-0.4, -0.2) is 19.1 Å². The zero-order valence-electron chi connectivity index (χ0n) is 11.4. The Morgan fingerprint density at radius 3 is 2.79 bits per heavy atom. The summed E-state index contributed by atoms with van der Waals surface area (Å²) in [6.45, 7) is 2.50. The van der Waals surface area contributed by atoms with E-state index in [2.05, 4.69) is 10.3 Å². The molecule has 0 spiro atoms. The summed E-state index contributed by atoms with van der Waals surface area (Å²) in [5, 5.41) is 2.95. The minimum atomic E-state index is -0.277. The topological polar surface area (TPSA) is 28.2 Å². The average molecular weight is 259 g/mol. The van der Waals surface area contributed by atoms with Crippen molar-refractivity contribution in [1.29, 1.82) is 0 Å². The van der Waals surface area contributed by atoms with E-state index in [9.17, 15) is 4.39 Å². The Morgan fingerprint density at radius 2 is 2.11 bits per heavy atom. The van der Waals surface area contributed by atoms with E-state index < -0.39 is 0 Å². The molecule has 0 radical (unpaired) electrons. The van der Waals surface area contributed by atoms with Crippen LogP contribution in [0.25, 0.3) is 0 Å². The molecule has 0 unspecified atom stereocenters. The maximum atomic E-state index is 14.4. The Morgan fingerprint density at radius 1 is 1.32 bits per heavy atom. The first-order chi connectivity index (χ1) is 9.13. The second-order valence-corrected chi connectivity index (χ2v) is 4.54. The Hall–Kier alpha value is -1.94. The average Bonchev–Trinajstić information content (AvgIpc) is 2.41. The fraction of sp³-hybridized carbons (Fsp3) is 0.267. The number of halogens is 1. The van der Waals surface area contributed by atoms with Crippen LogP contribution in [0.4, 0.5) is 15.9 Å². The second kappa shape index (κ2) is 5.80. The molecule has 0 aliphatic heterocycles. The van der Waals surface area contributed by atoms with Crippen LogP contribution in [0.1, 0.15) is 11.1 Å². The van der Waals surface area contributed by atoms with Crippen molar-refractivity contribution in [3.05, 3.63) is 53.5 Å². The van der Waals surface area contributed by atoms with Crippen LogP contribution in [0.5, 0.6) is 0 Å². The molecule has 0 fully saturated rings. The summed E-state index contributed by atoms with van der Waals surface area (Å²) in [6.07, 6.45) is 1.64. The number of rotatable bonds is 4. The lowest BCUT2D eigenvalue weighted by Gasteiger charge is -2.20. The molecule has 3 nitrogen and oxygen atoms in total. The molecule has 0 aliphatic rings. The lowest BCUT2D eigenvalue weighted by molar-refractivity contribution is 0.595. The number of aryl methyl sites for hydroxylation is 1. The van der Waals surface area contributed by atoms with Gasteiger partial charge in [0.05, 0.1) is 0 Å². The zero-order valence-corrected chi connectivity index (χ0v) is 11.4. The maximum absolute atomic E-state index is 14.4. The number of nitrogens with zero attached hydrogens (tertiary/aromatic N) is 2. The van der Waals surface area contributed by atoms with E-state index in [0.29, 0.717) is 17.9 Å². The number of anilines is 2. The zero-order chi connectivity index (χ0) is 13.8. The largest absolute Gasteiger partial charge is 0.327 e. The van der Waals surface area contributed by atoms with Gasteiger partial charge < -0.3 is 10.2 Å². The highest BCUT2D eigenvalue weighted by molar-refractivity contribution is 5.60. The van der Waals surface area contributed by atoms with Crippen molar-refractivity contribution in [1.82, 2.24) is 10.3 Å². The van der Waals surface area contributed by atoms with Crippen molar-refractivity contribution in [3.8, 4) is 0 Å². The smallest absolute Gasteiger partial charge is 0.170 e. The van der Waals surface area contributed by atoms with Crippen molar-refractivity contribution >= 4 is 11.5 Å². The molecule has 1 N–H and O–H groups in total. The molecule has 0 aliphatic carbocycles. The van der Waals surface area contributed by atoms with Crippen LogP contribution in [0, 0.1) is 12.7 Å². The third kappa shape index (κ3) is 2.90. The molecule has 1 aromatic heterocycles. The van der Waals surface area contributed by atoms with Gasteiger partial charge in [-0.05, 0) is 37.7 Å². The summed E-state index contributed by atoms with van der Waals surface area (Å²) < 4.78 is 14.4. The standard InChI is InChI=1S/C15H18FN3/c1-11-5-4-6-13(9-11)19(3)15-14(16)12(10-17-2)7-8-18-15/h4-9,17H,10H2,1-3H3. The van der Waals surface area contributed by atoms with Gasteiger partial charge in [-0.1, -0.05) is 12.1 Å². The van der Waals surface area contributed by atoms with Gasteiger partial charge in [0.15, 0.2) is 11.6 Å². The Bertz CT molecular complexity index is 569. The SMILES string of the molecule is CNCc1ccnc(N(C)c2cccc(C)c2)c1F. The Balaban J connectivity index is 2.38. The van der Waals surface area contributed by atoms with Crippen molar-refractivity contribution in [2.45, 2.75) is 13.5 Å². The molecule has 0 atom stereocenters. The fourth-order valence-corrected chi connectivity index (χ4v) is 1.99. The Kier molecular flexibility index (Phi) is 4.12. The van der Waals surface area contributed by atoms with Gasteiger partial charge in [0.25, 0.3) is 0 Å². The Labute approximate surface area is 113 Å². The highest BCUT2D eigenvalue weighted by atomic mass is 19.1. The fourth-order valence-electron chi connectivity index (χ4n) is 1.99. The predicted octanol–water partition coefficient (Wildman–Crippen LogP) is 3.02. The summed E-state index contributed by atoms with van der Waals surface area (Å²) in [4.78, 5) is 5.92. The van der Waals surface area contributed by atoms with Crippen LogP contribution in [0.15, 0.2) is 36.5 Å². The molecule has 1 heterocycles. The minimum absolute atomic E-state index is 0.277. The molecular weight excluding hydrogens is 241 g/mol. The van der Waals surface area contributed by atoms with Crippen molar-refractivity contribution in [3.63, 3.8) is 0 Å².